The lowest BCUT2D eigenvalue weighted by Crippen LogP contribution is -2.58. The van der Waals surface area contributed by atoms with Crippen LogP contribution in [0.5, 0.6) is 0 Å². The van der Waals surface area contributed by atoms with Crippen molar-refractivity contribution in [1.29, 1.82) is 0 Å². The number of carboxylic acid groups (broad SMARTS) is 1. The van der Waals surface area contributed by atoms with Crippen molar-refractivity contribution in [1.82, 2.24) is 14.7 Å². The highest BCUT2D eigenvalue weighted by atomic mass is 16.4. The van der Waals surface area contributed by atoms with Gasteiger partial charge in [0, 0.05) is 39.3 Å². The third-order valence-electron chi connectivity index (χ3n) is 5.77. The van der Waals surface area contributed by atoms with E-state index in [0.717, 1.165) is 44.6 Å². The molecule has 1 N–H and O–H groups in total. The van der Waals surface area contributed by atoms with Gasteiger partial charge in [-0.2, -0.15) is 0 Å². The van der Waals surface area contributed by atoms with Crippen LogP contribution in [0.25, 0.3) is 0 Å². The molecule has 2 aliphatic heterocycles. The number of rotatable bonds is 7. The number of piperazine rings is 1. The van der Waals surface area contributed by atoms with E-state index in [1.807, 2.05) is 0 Å². The molecule has 2 rings (SSSR count). The monoisotopic (exact) mass is 339 g/mol. The highest BCUT2D eigenvalue weighted by Gasteiger charge is 2.32. The van der Waals surface area contributed by atoms with Crippen LogP contribution in [0.2, 0.25) is 0 Å². The standard InChI is InChI=1S/C19H37N3O2/c1-15(2)13-22-12-11-21(14-18(22)19(23)24)10-9-20-7-5-17(6-8-20)16(3)4/h15-18H,5-14H2,1-4H3,(H,23,24). The minimum absolute atomic E-state index is 0.340. The molecule has 1 unspecified atom stereocenters. The van der Waals surface area contributed by atoms with E-state index in [9.17, 15) is 9.90 Å². The zero-order valence-corrected chi connectivity index (χ0v) is 16.1. The van der Waals surface area contributed by atoms with Crippen LogP contribution < -0.4 is 0 Å². The molecule has 1 atom stereocenters. The summed E-state index contributed by atoms with van der Waals surface area (Å²) in [5.74, 6) is 1.54. The van der Waals surface area contributed by atoms with Gasteiger partial charge in [0.05, 0.1) is 0 Å². The molecule has 2 aliphatic rings. The Morgan fingerprint density at radius 3 is 2.17 bits per heavy atom. The third kappa shape index (κ3) is 5.71. The second kappa shape index (κ2) is 9.16. The number of hydrogen-bond acceptors (Lipinski definition) is 4. The van der Waals surface area contributed by atoms with Crippen molar-refractivity contribution < 1.29 is 9.90 Å². The van der Waals surface area contributed by atoms with E-state index >= 15 is 0 Å². The first kappa shape index (κ1) is 19.7. The maximum atomic E-state index is 11.6. The third-order valence-corrected chi connectivity index (χ3v) is 5.77. The minimum Gasteiger partial charge on any atom is -0.480 e. The summed E-state index contributed by atoms with van der Waals surface area (Å²) < 4.78 is 0. The summed E-state index contributed by atoms with van der Waals surface area (Å²) in [6.45, 7) is 16.9. The molecule has 0 aromatic carbocycles. The Labute approximate surface area is 148 Å². The highest BCUT2D eigenvalue weighted by Crippen LogP contribution is 2.24. The normalized spacial score (nSPS) is 25.7. The zero-order valence-electron chi connectivity index (χ0n) is 16.1. The van der Waals surface area contributed by atoms with E-state index in [1.54, 1.807) is 0 Å². The molecule has 5 nitrogen and oxygen atoms in total. The van der Waals surface area contributed by atoms with E-state index in [4.69, 9.17) is 0 Å². The number of likely N-dealkylation sites (tertiary alicyclic amines) is 1. The van der Waals surface area contributed by atoms with Crippen molar-refractivity contribution in [3.05, 3.63) is 0 Å². The fraction of sp³-hybridized carbons (Fsp3) is 0.947. The molecule has 0 aliphatic carbocycles. The van der Waals surface area contributed by atoms with Crippen molar-refractivity contribution in [2.45, 2.75) is 46.6 Å². The van der Waals surface area contributed by atoms with Gasteiger partial charge >= 0.3 is 5.97 Å². The average Bonchev–Trinajstić information content (AvgIpc) is 2.53. The average molecular weight is 340 g/mol. The number of carbonyl (C=O) groups is 1. The largest absolute Gasteiger partial charge is 0.480 e. The predicted molar refractivity (Wildman–Crippen MR) is 98.3 cm³/mol. The molecule has 2 saturated heterocycles. The van der Waals surface area contributed by atoms with Crippen molar-refractivity contribution in [3.8, 4) is 0 Å². The molecule has 0 saturated carbocycles. The van der Waals surface area contributed by atoms with Gasteiger partial charge in [0.2, 0.25) is 0 Å². The number of nitrogens with zero attached hydrogens (tertiary/aromatic N) is 3. The lowest BCUT2D eigenvalue weighted by atomic mass is 9.87. The van der Waals surface area contributed by atoms with Gasteiger partial charge in [0.1, 0.15) is 6.04 Å². The lowest BCUT2D eigenvalue weighted by Gasteiger charge is -2.41. The molecule has 0 aromatic heterocycles. The second-order valence-electron chi connectivity index (χ2n) is 8.47. The van der Waals surface area contributed by atoms with Gasteiger partial charge in [-0.15, -0.1) is 0 Å². The van der Waals surface area contributed by atoms with Crippen molar-refractivity contribution >= 4 is 5.97 Å². The summed E-state index contributed by atoms with van der Waals surface area (Å²) in [7, 11) is 0. The summed E-state index contributed by atoms with van der Waals surface area (Å²) in [5.41, 5.74) is 0. The van der Waals surface area contributed by atoms with Gasteiger partial charge in [0.15, 0.2) is 0 Å². The van der Waals surface area contributed by atoms with Gasteiger partial charge in [0.25, 0.3) is 0 Å². The summed E-state index contributed by atoms with van der Waals surface area (Å²) >= 11 is 0. The molecule has 2 heterocycles. The highest BCUT2D eigenvalue weighted by molar-refractivity contribution is 5.74. The smallest absolute Gasteiger partial charge is 0.322 e. The van der Waals surface area contributed by atoms with Gasteiger partial charge in [-0.25, -0.2) is 0 Å². The summed E-state index contributed by atoms with van der Waals surface area (Å²) in [5, 5.41) is 9.56. The Kier molecular flexibility index (Phi) is 7.51. The SMILES string of the molecule is CC(C)CN1CCN(CCN2CCC(C(C)C)CC2)CC1C(=O)O. The Morgan fingerprint density at radius 1 is 1.00 bits per heavy atom. The van der Waals surface area contributed by atoms with Crippen molar-refractivity contribution in [3.63, 3.8) is 0 Å². The topological polar surface area (TPSA) is 47.0 Å². The fourth-order valence-electron chi connectivity index (χ4n) is 4.13. The van der Waals surface area contributed by atoms with E-state index in [1.165, 1.54) is 25.9 Å². The lowest BCUT2D eigenvalue weighted by molar-refractivity contribution is -0.146. The molecule has 0 radical (unpaired) electrons. The minimum atomic E-state index is -0.668. The maximum absolute atomic E-state index is 11.6. The van der Waals surface area contributed by atoms with Crippen LogP contribution in [0, 0.1) is 17.8 Å². The first-order valence-corrected chi connectivity index (χ1v) is 9.78. The molecule has 0 spiro atoms. The summed E-state index contributed by atoms with van der Waals surface area (Å²) in [4.78, 5) is 18.7. The Morgan fingerprint density at radius 2 is 1.62 bits per heavy atom. The van der Waals surface area contributed by atoms with Gasteiger partial charge < -0.3 is 10.0 Å². The van der Waals surface area contributed by atoms with E-state index < -0.39 is 5.97 Å². The molecule has 2 fully saturated rings. The maximum Gasteiger partial charge on any atom is 0.322 e. The van der Waals surface area contributed by atoms with Crippen LogP contribution in [0.1, 0.15) is 40.5 Å². The Hall–Kier alpha value is -0.650. The molecule has 0 amide bonds. The first-order chi connectivity index (χ1) is 11.4. The molecular formula is C19H37N3O2. The predicted octanol–water partition coefficient (Wildman–Crippen LogP) is 2.08. The molecular weight excluding hydrogens is 302 g/mol. The quantitative estimate of drug-likeness (QED) is 0.769. The number of piperidine rings is 1. The van der Waals surface area contributed by atoms with Crippen LogP contribution in [-0.4, -0.2) is 84.2 Å². The molecule has 0 bridgehead atoms. The molecule has 24 heavy (non-hydrogen) atoms. The summed E-state index contributed by atoms with van der Waals surface area (Å²) in [6.07, 6.45) is 2.63. The van der Waals surface area contributed by atoms with Crippen LogP contribution in [-0.2, 0) is 4.79 Å². The fourth-order valence-corrected chi connectivity index (χ4v) is 4.13. The van der Waals surface area contributed by atoms with E-state index in [0.29, 0.717) is 12.5 Å². The van der Waals surface area contributed by atoms with Gasteiger partial charge in [-0.1, -0.05) is 27.7 Å². The van der Waals surface area contributed by atoms with Crippen LogP contribution in [0.4, 0.5) is 0 Å². The Balaban J connectivity index is 1.75. The zero-order chi connectivity index (χ0) is 17.7. The van der Waals surface area contributed by atoms with Crippen molar-refractivity contribution in [2.75, 3.05) is 52.4 Å². The van der Waals surface area contributed by atoms with Crippen molar-refractivity contribution in [2.24, 2.45) is 17.8 Å². The van der Waals surface area contributed by atoms with Crippen LogP contribution >= 0.6 is 0 Å². The van der Waals surface area contributed by atoms with Crippen LogP contribution in [0.3, 0.4) is 0 Å². The summed E-state index contributed by atoms with van der Waals surface area (Å²) in [6, 6.07) is -0.340. The van der Waals surface area contributed by atoms with Gasteiger partial charge in [-0.3, -0.25) is 14.6 Å². The molecule has 140 valence electrons. The number of hydrogen-bond donors (Lipinski definition) is 1. The van der Waals surface area contributed by atoms with E-state index in [-0.39, 0.29) is 6.04 Å². The van der Waals surface area contributed by atoms with Crippen LogP contribution in [0.15, 0.2) is 0 Å². The molecule has 5 heteroatoms. The van der Waals surface area contributed by atoms with Gasteiger partial charge in [-0.05, 0) is 43.7 Å². The molecule has 0 aromatic rings. The first-order valence-electron chi connectivity index (χ1n) is 9.78. The van der Waals surface area contributed by atoms with E-state index in [2.05, 4.69) is 42.4 Å². The number of aliphatic carboxylic acids is 1. The number of carboxylic acids is 1. The Bertz CT molecular complexity index is 392. The second-order valence-corrected chi connectivity index (χ2v) is 8.47.